The number of rotatable bonds is 4. The summed E-state index contributed by atoms with van der Waals surface area (Å²) in [5, 5.41) is 18.0. The van der Waals surface area contributed by atoms with Gasteiger partial charge in [-0.15, -0.1) is 0 Å². The summed E-state index contributed by atoms with van der Waals surface area (Å²) in [7, 11) is 0. The summed E-state index contributed by atoms with van der Waals surface area (Å²) in [6.45, 7) is 0. The molecule has 1 saturated carbocycles. The Morgan fingerprint density at radius 1 is 1.44 bits per heavy atom. The number of aliphatic hydroxyl groups is 1. The molecule has 0 aromatic heterocycles. The minimum Gasteiger partial charge on any atom is -0.479 e. The van der Waals surface area contributed by atoms with E-state index in [9.17, 15) is 14.3 Å². The third-order valence-corrected chi connectivity index (χ3v) is 2.81. The predicted octanol–water partition coefficient (Wildman–Crippen LogP) is 2.02. The quantitative estimate of drug-likeness (QED) is 0.822. The van der Waals surface area contributed by atoms with E-state index in [-0.39, 0.29) is 0 Å². The lowest BCUT2D eigenvalue weighted by molar-refractivity contribution is -0.147. The maximum Gasteiger partial charge on any atom is 0.341 e. The van der Waals surface area contributed by atoms with E-state index in [1.165, 1.54) is 0 Å². The Hall–Kier alpha value is -1.42. The van der Waals surface area contributed by atoms with Gasteiger partial charge in [0.05, 0.1) is 0 Å². The summed E-state index contributed by atoms with van der Waals surface area (Å²) < 4.78 is 13.1. The van der Waals surface area contributed by atoms with Crippen LogP contribution in [0.5, 0.6) is 0 Å². The molecule has 4 heteroatoms. The fourth-order valence-corrected chi connectivity index (χ4v) is 1.72. The van der Waals surface area contributed by atoms with E-state index >= 15 is 0 Å². The molecule has 2 unspecified atom stereocenters. The van der Waals surface area contributed by atoms with Gasteiger partial charge in [0.15, 0.2) is 0 Å². The van der Waals surface area contributed by atoms with Crippen molar-refractivity contribution in [1.82, 2.24) is 0 Å². The number of carbonyl (C=O) groups is 1. The van der Waals surface area contributed by atoms with Gasteiger partial charge in [-0.05, 0) is 29.9 Å². The molecule has 1 aliphatic carbocycles. The number of hydrogen-bond acceptors (Lipinski definition) is 2. The van der Waals surface area contributed by atoms with Gasteiger partial charge in [0, 0.05) is 0 Å². The van der Waals surface area contributed by atoms with Crippen molar-refractivity contribution >= 4 is 5.97 Å². The number of alkyl halides is 1. The van der Waals surface area contributed by atoms with Gasteiger partial charge in [0.25, 0.3) is 0 Å². The Morgan fingerprint density at radius 2 is 2.12 bits per heavy atom. The summed E-state index contributed by atoms with van der Waals surface area (Å²) in [5.41, 5.74) is 1.38. The van der Waals surface area contributed by atoms with E-state index < -0.39 is 18.2 Å². The summed E-state index contributed by atoms with van der Waals surface area (Å²) in [6, 6.07) is 6.88. The van der Waals surface area contributed by atoms with E-state index in [0.29, 0.717) is 11.5 Å². The molecule has 0 bridgehead atoms. The molecular weight excluding hydrogens is 211 g/mol. The standard InChI is InChI=1S/C12H13FO3/c13-10(12(15)16)11(14)9-3-1-2-8(6-9)7-4-5-7/h1-3,6-7,10-11,14H,4-5H2,(H,15,16). The van der Waals surface area contributed by atoms with Gasteiger partial charge >= 0.3 is 5.97 Å². The molecule has 2 atom stereocenters. The molecule has 0 saturated heterocycles. The van der Waals surface area contributed by atoms with E-state index in [1.807, 2.05) is 6.07 Å². The Kier molecular flexibility index (Phi) is 2.92. The van der Waals surface area contributed by atoms with Crippen LogP contribution in [0.25, 0.3) is 0 Å². The van der Waals surface area contributed by atoms with Crippen LogP contribution in [-0.2, 0) is 4.79 Å². The summed E-state index contributed by atoms with van der Waals surface area (Å²) in [4.78, 5) is 10.4. The SMILES string of the molecule is O=C(O)C(F)C(O)c1cccc(C2CC2)c1. The van der Waals surface area contributed by atoms with Crippen molar-refractivity contribution < 1.29 is 19.4 Å². The molecule has 0 heterocycles. The lowest BCUT2D eigenvalue weighted by Crippen LogP contribution is -2.23. The van der Waals surface area contributed by atoms with Crippen molar-refractivity contribution in [3.8, 4) is 0 Å². The second-order valence-electron chi connectivity index (χ2n) is 4.13. The highest BCUT2D eigenvalue weighted by Gasteiger charge is 2.29. The fourth-order valence-electron chi connectivity index (χ4n) is 1.72. The number of hydrogen-bond donors (Lipinski definition) is 2. The van der Waals surface area contributed by atoms with Gasteiger partial charge < -0.3 is 10.2 Å². The van der Waals surface area contributed by atoms with Crippen molar-refractivity contribution in [1.29, 1.82) is 0 Å². The largest absolute Gasteiger partial charge is 0.479 e. The molecule has 0 amide bonds. The number of halogens is 1. The van der Waals surface area contributed by atoms with Crippen LogP contribution in [0.3, 0.4) is 0 Å². The van der Waals surface area contributed by atoms with Gasteiger partial charge in [-0.25, -0.2) is 9.18 Å². The Labute approximate surface area is 92.5 Å². The van der Waals surface area contributed by atoms with Crippen molar-refractivity contribution in [3.63, 3.8) is 0 Å². The van der Waals surface area contributed by atoms with Crippen molar-refractivity contribution in [2.75, 3.05) is 0 Å². The topological polar surface area (TPSA) is 57.5 Å². The Bertz CT molecular complexity index is 401. The molecule has 0 aliphatic heterocycles. The normalized spacial score (nSPS) is 19.1. The first-order valence-electron chi connectivity index (χ1n) is 5.24. The fraction of sp³-hybridized carbons (Fsp3) is 0.417. The molecule has 1 aromatic rings. The zero-order chi connectivity index (χ0) is 11.7. The predicted molar refractivity (Wildman–Crippen MR) is 55.9 cm³/mol. The number of aliphatic carboxylic acids is 1. The van der Waals surface area contributed by atoms with E-state index in [0.717, 1.165) is 18.4 Å². The Balaban J connectivity index is 2.18. The molecule has 2 N–H and O–H groups in total. The third-order valence-electron chi connectivity index (χ3n) is 2.81. The monoisotopic (exact) mass is 224 g/mol. The van der Waals surface area contributed by atoms with Crippen LogP contribution in [0.2, 0.25) is 0 Å². The molecule has 3 nitrogen and oxygen atoms in total. The lowest BCUT2D eigenvalue weighted by atomic mass is 10.0. The number of aliphatic hydroxyl groups excluding tert-OH is 1. The number of carboxylic acid groups (broad SMARTS) is 1. The molecule has 1 fully saturated rings. The molecule has 16 heavy (non-hydrogen) atoms. The van der Waals surface area contributed by atoms with E-state index in [2.05, 4.69) is 0 Å². The molecule has 86 valence electrons. The Morgan fingerprint density at radius 3 is 2.69 bits per heavy atom. The zero-order valence-corrected chi connectivity index (χ0v) is 8.64. The summed E-state index contributed by atoms with van der Waals surface area (Å²) in [6.07, 6.45) is -1.64. The second kappa shape index (κ2) is 4.22. The second-order valence-corrected chi connectivity index (χ2v) is 4.13. The average molecular weight is 224 g/mol. The van der Waals surface area contributed by atoms with Crippen LogP contribution < -0.4 is 0 Å². The first kappa shape index (κ1) is 11.1. The highest BCUT2D eigenvalue weighted by atomic mass is 19.1. The van der Waals surface area contributed by atoms with Gasteiger partial charge in [-0.1, -0.05) is 24.3 Å². The zero-order valence-electron chi connectivity index (χ0n) is 8.64. The maximum atomic E-state index is 13.1. The van der Waals surface area contributed by atoms with Gasteiger partial charge in [-0.3, -0.25) is 0 Å². The van der Waals surface area contributed by atoms with Crippen molar-refractivity contribution in [2.45, 2.75) is 31.0 Å². The van der Waals surface area contributed by atoms with Gasteiger partial charge in [-0.2, -0.15) is 0 Å². The highest BCUT2D eigenvalue weighted by Crippen LogP contribution is 2.40. The van der Waals surface area contributed by atoms with Crippen LogP contribution in [0.4, 0.5) is 4.39 Å². The molecule has 2 rings (SSSR count). The molecule has 1 aromatic carbocycles. The first-order chi connectivity index (χ1) is 7.59. The molecular formula is C12H13FO3. The number of benzene rings is 1. The van der Waals surface area contributed by atoms with E-state index in [1.54, 1.807) is 18.2 Å². The van der Waals surface area contributed by atoms with Gasteiger partial charge in [0.2, 0.25) is 6.17 Å². The maximum absolute atomic E-state index is 13.1. The van der Waals surface area contributed by atoms with E-state index in [4.69, 9.17) is 5.11 Å². The first-order valence-corrected chi connectivity index (χ1v) is 5.24. The number of carboxylic acids is 1. The lowest BCUT2D eigenvalue weighted by Gasteiger charge is -2.13. The minimum absolute atomic E-state index is 0.333. The smallest absolute Gasteiger partial charge is 0.341 e. The van der Waals surface area contributed by atoms with Gasteiger partial charge in [0.1, 0.15) is 6.10 Å². The van der Waals surface area contributed by atoms with Crippen LogP contribution in [-0.4, -0.2) is 22.4 Å². The van der Waals surface area contributed by atoms with Crippen LogP contribution in [0.15, 0.2) is 24.3 Å². The molecule has 1 aliphatic rings. The summed E-state index contributed by atoms with van der Waals surface area (Å²) in [5.74, 6) is -1.14. The van der Waals surface area contributed by atoms with Crippen LogP contribution in [0, 0.1) is 0 Å². The molecule has 0 radical (unpaired) electrons. The average Bonchev–Trinajstić information content (AvgIpc) is 3.11. The highest BCUT2D eigenvalue weighted by molar-refractivity contribution is 5.73. The summed E-state index contributed by atoms with van der Waals surface area (Å²) >= 11 is 0. The minimum atomic E-state index is -2.27. The van der Waals surface area contributed by atoms with Crippen LogP contribution in [0.1, 0.15) is 36.0 Å². The van der Waals surface area contributed by atoms with Crippen molar-refractivity contribution in [2.24, 2.45) is 0 Å². The van der Waals surface area contributed by atoms with Crippen LogP contribution >= 0.6 is 0 Å². The molecule has 0 spiro atoms. The van der Waals surface area contributed by atoms with Crippen molar-refractivity contribution in [3.05, 3.63) is 35.4 Å². The third kappa shape index (κ3) is 2.22.